The Hall–Kier alpha value is -2.84. The molecule has 0 bridgehead atoms. The van der Waals surface area contributed by atoms with Crippen LogP contribution >= 0.6 is 7.82 Å². The summed E-state index contributed by atoms with van der Waals surface area (Å²) in [5, 5.41) is 13.7. The normalized spacial score (nSPS) is 15.1. The van der Waals surface area contributed by atoms with E-state index in [-0.39, 0.29) is 12.5 Å². The summed E-state index contributed by atoms with van der Waals surface area (Å²) >= 11 is 0. The fourth-order valence-corrected chi connectivity index (χ4v) is 7.09. The van der Waals surface area contributed by atoms with Crippen LogP contribution in [0.25, 0.3) is 0 Å². The lowest BCUT2D eigenvalue weighted by Gasteiger charge is -2.29. The van der Waals surface area contributed by atoms with Gasteiger partial charge in [-0.25, -0.2) is 0 Å². The molecule has 360 valence electrons. The third kappa shape index (κ3) is 47.0. The number of unbranched alkanes of at least 4 members (excludes halogenated alkanes) is 14. The first-order chi connectivity index (χ1) is 30.5. The monoisotopic (exact) mass is 897 g/mol. The van der Waals surface area contributed by atoms with E-state index >= 15 is 0 Å². The number of rotatable bonds is 43. The summed E-state index contributed by atoms with van der Waals surface area (Å²) in [5.41, 5.74) is 0. The molecule has 0 aliphatic heterocycles. The van der Waals surface area contributed by atoms with Crippen molar-refractivity contribution in [2.75, 3.05) is 40.9 Å². The van der Waals surface area contributed by atoms with Gasteiger partial charge in [-0.1, -0.05) is 187 Å². The molecule has 0 spiro atoms. The van der Waals surface area contributed by atoms with Crippen LogP contribution in [0.4, 0.5) is 0 Å². The van der Waals surface area contributed by atoms with Gasteiger partial charge in [0.05, 0.1) is 39.9 Å². The first-order valence-electron chi connectivity index (χ1n) is 24.7. The number of allylic oxidation sites excluding steroid dienone is 17. The second kappa shape index (κ2) is 44.4. The lowest BCUT2D eigenvalue weighted by Crippen LogP contribution is -2.45. The minimum absolute atomic E-state index is 0.0149. The van der Waals surface area contributed by atoms with Crippen molar-refractivity contribution in [3.05, 3.63) is 109 Å². The van der Waals surface area contributed by atoms with E-state index in [2.05, 4.69) is 116 Å². The maximum absolute atomic E-state index is 12.9. The van der Waals surface area contributed by atoms with Crippen molar-refractivity contribution >= 4 is 13.7 Å². The molecule has 3 atom stereocenters. The highest BCUT2D eigenvalue weighted by Crippen LogP contribution is 2.38. The second-order valence-electron chi connectivity index (χ2n) is 17.4. The molecule has 0 aromatic heterocycles. The molecule has 0 rings (SSSR count). The van der Waals surface area contributed by atoms with E-state index in [4.69, 9.17) is 9.05 Å². The topological polar surface area (TPSA) is 108 Å². The van der Waals surface area contributed by atoms with Gasteiger partial charge in [-0.3, -0.25) is 9.36 Å². The van der Waals surface area contributed by atoms with E-state index < -0.39 is 26.6 Å². The van der Waals surface area contributed by atoms with Crippen LogP contribution in [-0.2, 0) is 18.4 Å². The zero-order chi connectivity index (χ0) is 46.4. The van der Waals surface area contributed by atoms with Crippen molar-refractivity contribution < 1.29 is 32.9 Å². The van der Waals surface area contributed by atoms with Gasteiger partial charge in [0.15, 0.2) is 0 Å². The molecule has 3 unspecified atom stereocenters. The molecule has 0 aromatic rings. The van der Waals surface area contributed by atoms with Gasteiger partial charge in [-0.05, 0) is 89.9 Å². The molecule has 0 aliphatic carbocycles. The van der Waals surface area contributed by atoms with Crippen molar-refractivity contribution in [1.29, 1.82) is 0 Å². The van der Waals surface area contributed by atoms with Gasteiger partial charge in [0.25, 0.3) is 7.82 Å². The van der Waals surface area contributed by atoms with Crippen molar-refractivity contribution in [2.45, 2.75) is 187 Å². The Kier molecular flexibility index (Phi) is 42.4. The molecule has 8 nitrogen and oxygen atoms in total. The smallest absolute Gasteiger partial charge is 0.268 e. The molecule has 9 heteroatoms. The van der Waals surface area contributed by atoms with E-state index in [0.717, 1.165) is 89.9 Å². The number of aliphatic hydroxyl groups is 1. The van der Waals surface area contributed by atoms with Gasteiger partial charge in [-0.2, -0.15) is 0 Å². The van der Waals surface area contributed by atoms with Crippen molar-refractivity contribution in [3.8, 4) is 0 Å². The first-order valence-corrected chi connectivity index (χ1v) is 26.2. The fourth-order valence-electron chi connectivity index (χ4n) is 6.37. The maximum Gasteiger partial charge on any atom is 0.268 e. The van der Waals surface area contributed by atoms with E-state index in [1.165, 1.54) is 64.2 Å². The molecule has 0 heterocycles. The van der Waals surface area contributed by atoms with Crippen LogP contribution in [0.5, 0.6) is 0 Å². The minimum Gasteiger partial charge on any atom is -0.756 e. The zero-order valence-corrected chi connectivity index (χ0v) is 41.6. The molecule has 0 radical (unpaired) electrons. The van der Waals surface area contributed by atoms with E-state index in [1.807, 2.05) is 27.2 Å². The lowest BCUT2D eigenvalue weighted by molar-refractivity contribution is -0.870. The fraction of sp³-hybridized carbons (Fsp3) is 0.648. The summed E-state index contributed by atoms with van der Waals surface area (Å²) in [4.78, 5) is 25.3. The number of hydrogen-bond donors (Lipinski definition) is 2. The van der Waals surface area contributed by atoms with Crippen LogP contribution in [0.2, 0.25) is 0 Å². The molecule has 2 N–H and O–H groups in total. The number of nitrogens with zero attached hydrogens (tertiary/aromatic N) is 1. The number of phosphoric acid groups is 1. The third-order valence-electron chi connectivity index (χ3n) is 10.2. The van der Waals surface area contributed by atoms with Crippen molar-refractivity contribution in [1.82, 2.24) is 5.32 Å². The molecule has 0 aromatic carbocycles. The average Bonchev–Trinajstić information content (AvgIpc) is 3.24. The number of aliphatic hydroxyl groups excluding tert-OH is 1. The van der Waals surface area contributed by atoms with Crippen LogP contribution in [0.15, 0.2) is 109 Å². The summed E-state index contributed by atoms with van der Waals surface area (Å²) < 4.78 is 23.1. The summed E-state index contributed by atoms with van der Waals surface area (Å²) in [5.74, 6) is -0.222. The van der Waals surface area contributed by atoms with Crippen LogP contribution in [0.3, 0.4) is 0 Å². The Morgan fingerprint density at radius 3 is 1.41 bits per heavy atom. The quantitative estimate of drug-likeness (QED) is 0.0273. The van der Waals surface area contributed by atoms with Crippen LogP contribution in [-0.4, -0.2) is 68.5 Å². The van der Waals surface area contributed by atoms with E-state index in [9.17, 15) is 19.4 Å². The first kappa shape index (κ1) is 60.2. The van der Waals surface area contributed by atoms with Crippen molar-refractivity contribution in [3.63, 3.8) is 0 Å². The Balaban J connectivity index is 4.14. The molecule has 63 heavy (non-hydrogen) atoms. The summed E-state index contributed by atoms with van der Waals surface area (Å²) in [6, 6.07) is -0.915. The number of phosphoric ester groups is 1. The molecule has 0 saturated heterocycles. The summed E-state index contributed by atoms with van der Waals surface area (Å²) in [6.07, 6.45) is 64.6. The van der Waals surface area contributed by atoms with E-state index in [0.29, 0.717) is 17.4 Å². The van der Waals surface area contributed by atoms with Gasteiger partial charge in [-0.15, -0.1) is 0 Å². The molecule has 0 fully saturated rings. The average molecular weight is 897 g/mol. The van der Waals surface area contributed by atoms with Gasteiger partial charge >= 0.3 is 0 Å². The van der Waals surface area contributed by atoms with Gasteiger partial charge in [0, 0.05) is 6.42 Å². The number of likely N-dealkylation sites (N-methyl/N-ethyl adjacent to an activating group) is 1. The van der Waals surface area contributed by atoms with Crippen LogP contribution in [0.1, 0.15) is 174 Å². The Morgan fingerprint density at radius 1 is 0.556 bits per heavy atom. The van der Waals surface area contributed by atoms with Crippen LogP contribution in [0, 0.1) is 0 Å². The Morgan fingerprint density at radius 2 is 0.937 bits per heavy atom. The highest BCUT2D eigenvalue weighted by molar-refractivity contribution is 7.45. The van der Waals surface area contributed by atoms with Gasteiger partial charge < -0.3 is 28.8 Å². The summed E-state index contributed by atoms with van der Waals surface area (Å²) in [7, 11) is 1.21. The Labute approximate surface area is 387 Å². The molecule has 1 amide bonds. The van der Waals surface area contributed by atoms with E-state index in [1.54, 1.807) is 6.08 Å². The number of quaternary nitrogens is 1. The van der Waals surface area contributed by atoms with Gasteiger partial charge in [0.1, 0.15) is 13.2 Å². The highest BCUT2D eigenvalue weighted by Gasteiger charge is 2.23. The molecule has 0 saturated carbocycles. The van der Waals surface area contributed by atoms with Crippen molar-refractivity contribution in [2.24, 2.45) is 0 Å². The molecular weight excluding hydrogens is 804 g/mol. The van der Waals surface area contributed by atoms with Gasteiger partial charge in [0.2, 0.25) is 5.91 Å². The number of carbonyl (C=O) groups is 1. The molecule has 0 aliphatic rings. The maximum atomic E-state index is 12.9. The predicted octanol–water partition coefficient (Wildman–Crippen LogP) is 13.8. The Bertz CT molecular complexity index is 1390. The van der Waals surface area contributed by atoms with Crippen LogP contribution < -0.4 is 10.2 Å². The minimum atomic E-state index is -4.60. The number of nitrogens with one attached hydrogen (secondary N) is 1. The predicted molar refractivity (Wildman–Crippen MR) is 269 cm³/mol. The summed E-state index contributed by atoms with van der Waals surface area (Å²) in [6.45, 7) is 4.35. The molecular formula is C54H93N2O6P. The largest absolute Gasteiger partial charge is 0.756 e. The highest BCUT2D eigenvalue weighted by atomic mass is 31.2. The SMILES string of the molecule is CC/C=C\C/C=C\C/C=C\C/C=C\C/C=C\C/C=C\CCCCCCCCCCCCCCC(=O)NC(COP(=O)([O-])OCC[N+](C)(C)C)C(O)/C=C/CC/C=C/CC/C=C/CC. The zero-order valence-electron chi connectivity index (χ0n) is 40.7. The third-order valence-corrected chi connectivity index (χ3v) is 11.2. The number of carbonyl (C=O) groups excluding carboxylic acids is 1. The standard InChI is InChI=1S/C54H93N2O6P/c1-6-8-10-12-14-16-18-19-20-21-22-23-24-25-26-27-28-29-30-31-32-33-34-35-36-37-38-40-42-44-46-48-54(58)55-52(51-62-63(59,60)61-50-49-56(3,4)5)53(57)47-45-43-41-39-17-15-13-11-9-7-2/h8-11,14,16-17,19-20,22-23,25-26,28-29,39,45,47,52-53,57H,6-7,12-13,15,18,21,24,27,30-38,40-44,46,48-51H2,1-5H3,(H-,55,58,59,60)/b10-8-,11-9+,16-14-,20-19-,23-22-,26-25-,29-28-,39-17+,47-45+. The number of hydrogen-bond acceptors (Lipinski definition) is 6. The lowest BCUT2D eigenvalue weighted by atomic mass is 10.0. The number of amides is 1. The second-order valence-corrected chi connectivity index (χ2v) is 18.8.